The fourth-order valence-electron chi connectivity index (χ4n) is 2.45. The molecule has 17 heavy (non-hydrogen) atoms. The summed E-state index contributed by atoms with van der Waals surface area (Å²) < 4.78 is 5.51. The molecule has 0 saturated carbocycles. The third-order valence-corrected chi connectivity index (χ3v) is 3.13. The second kappa shape index (κ2) is 6.50. The molecule has 1 fully saturated rings. The van der Waals surface area contributed by atoms with Crippen molar-refractivity contribution in [2.24, 2.45) is 11.1 Å². The van der Waals surface area contributed by atoms with E-state index in [4.69, 9.17) is 10.5 Å². The lowest BCUT2D eigenvalue weighted by molar-refractivity contribution is -0.120. The Labute approximate surface area is 105 Å². The van der Waals surface area contributed by atoms with Gasteiger partial charge in [-0.15, -0.1) is 0 Å². The van der Waals surface area contributed by atoms with Crippen LogP contribution in [0.4, 0.5) is 0 Å². The molecule has 1 aliphatic rings. The molecule has 0 radical (unpaired) electrons. The molecule has 3 nitrogen and oxygen atoms in total. The maximum atomic E-state index is 11.8. The summed E-state index contributed by atoms with van der Waals surface area (Å²) in [6, 6.07) is 0.00648. The molecule has 1 saturated heterocycles. The average Bonchev–Trinajstić information content (AvgIpc) is 2.63. The maximum Gasteiger partial charge on any atom is 0.134 e. The molecule has 100 valence electrons. The molecule has 0 aromatic carbocycles. The van der Waals surface area contributed by atoms with Crippen LogP contribution in [0.15, 0.2) is 0 Å². The topological polar surface area (TPSA) is 52.3 Å². The van der Waals surface area contributed by atoms with Gasteiger partial charge in [-0.1, -0.05) is 20.8 Å². The van der Waals surface area contributed by atoms with Crippen molar-refractivity contribution >= 4 is 5.78 Å². The van der Waals surface area contributed by atoms with Crippen LogP contribution in [0.3, 0.4) is 0 Å². The van der Waals surface area contributed by atoms with E-state index in [1.165, 1.54) is 0 Å². The number of rotatable bonds is 6. The van der Waals surface area contributed by atoms with Crippen molar-refractivity contribution in [1.82, 2.24) is 0 Å². The molecule has 0 amide bonds. The second-order valence-electron chi connectivity index (χ2n) is 6.44. The molecular weight excluding hydrogens is 214 g/mol. The lowest BCUT2D eigenvalue weighted by atomic mass is 9.86. The van der Waals surface area contributed by atoms with Crippen LogP contribution in [0.5, 0.6) is 0 Å². The molecule has 0 aliphatic carbocycles. The summed E-state index contributed by atoms with van der Waals surface area (Å²) in [7, 11) is 0. The Morgan fingerprint density at radius 3 is 2.71 bits per heavy atom. The number of ether oxygens (including phenoxy) is 1. The molecule has 1 aliphatic heterocycles. The number of carbonyl (C=O) groups is 1. The third kappa shape index (κ3) is 6.79. The van der Waals surface area contributed by atoms with Gasteiger partial charge in [-0.25, -0.2) is 0 Å². The van der Waals surface area contributed by atoms with Crippen LogP contribution >= 0.6 is 0 Å². The van der Waals surface area contributed by atoms with E-state index in [1.54, 1.807) is 0 Å². The van der Waals surface area contributed by atoms with Gasteiger partial charge in [0.25, 0.3) is 0 Å². The molecule has 2 N–H and O–H groups in total. The predicted molar refractivity (Wildman–Crippen MR) is 69.9 cm³/mol. The summed E-state index contributed by atoms with van der Waals surface area (Å²) in [5.74, 6) is 0.289. The van der Waals surface area contributed by atoms with Gasteiger partial charge >= 0.3 is 0 Å². The number of carbonyl (C=O) groups excluding carboxylic acids is 1. The molecule has 2 atom stereocenters. The van der Waals surface area contributed by atoms with Crippen molar-refractivity contribution < 1.29 is 9.53 Å². The molecule has 0 spiro atoms. The van der Waals surface area contributed by atoms with Gasteiger partial charge in [0.1, 0.15) is 5.78 Å². The van der Waals surface area contributed by atoms with Gasteiger partial charge in [0.2, 0.25) is 0 Å². The predicted octanol–water partition coefficient (Wildman–Crippen LogP) is 2.67. The van der Waals surface area contributed by atoms with Crippen molar-refractivity contribution in [3.05, 3.63) is 0 Å². The number of ketones is 1. The third-order valence-electron chi connectivity index (χ3n) is 3.13. The zero-order valence-corrected chi connectivity index (χ0v) is 11.5. The van der Waals surface area contributed by atoms with Crippen LogP contribution in [0.1, 0.15) is 59.3 Å². The lowest BCUT2D eigenvalue weighted by Crippen LogP contribution is -2.29. The van der Waals surface area contributed by atoms with E-state index >= 15 is 0 Å². The lowest BCUT2D eigenvalue weighted by Gasteiger charge is -2.22. The number of hydrogen-bond donors (Lipinski definition) is 1. The largest absolute Gasteiger partial charge is 0.378 e. The normalized spacial score (nSPS) is 22.7. The smallest absolute Gasteiger partial charge is 0.134 e. The Hall–Kier alpha value is -0.410. The van der Waals surface area contributed by atoms with E-state index in [2.05, 4.69) is 20.8 Å². The fourth-order valence-corrected chi connectivity index (χ4v) is 2.45. The first-order valence-electron chi connectivity index (χ1n) is 6.76. The summed E-state index contributed by atoms with van der Waals surface area (Å²) >= 11 is 0. The van der Waals surface area contributed by atoms with Gasteiger partial charge in [-0.2, -0.15) is 0 Å². The highest BCUT2D eigenvalue weighted by Gasteiger charge is 2.20. The Kier molecular flexibility index (Phi) is 5.60. The minimum Gasteiger partial charge on any atom is -0.378 e. The summed E-state index contributed by atoms with van der Waals surface area (Å²) in [6.45, 7) is 7.33. The number of nitrogens with two attached hydrogens (primary N) is 1. The van der Waals surface area contributed by atoms with Gasteiger partial charge in [0, 0.05) is 25.5 Å². The van der Waals surface area contributed by atoms with Crippen LogP contribution in [0.25, 0.3) is 0 Å². The minimum atomic E-state index is 0.00648. The summed E-state index contributed by atoms with van der Waals surface area (Å²) in [5, 5.41) is 0. The summed E-state index contributed by atoms with van der Waals surface area (Å²) in [6.07, 6.45) is 5.49. The molecule has 0 aromatic rings. The van der Waals surface area contributed by atoms with E-state index in [0.717, 1.165) is 32.3 Å². The number of hydrogen-bond acceptors (Lipinski definition) is 3. The summed E-state index contributed by atoms with van der Waals surface area (Å²) in [5.41, 5.74) is 6.20. The number of Topliss-reactive ketones (excluding diaryl/α,β-unsaturated/α-hetero) is 1. The first kappa shape index (κ1) is 14.7. The molecule has 0 aromatic heterocycles. The van der Waals surface area contributed by atoms with Crippen molar-refractivity contribution in [2.75, 3.05) is 6.61 Å². The molecule has 2 unspecified atom stereocenters. The SMILES string of the molecule is CC(C)(C)CC(N)CC(=O)CCC1CCCO1. The average molecular weight is 241 g/mol. The quantitative estimate of drug-likeness (QED) is 0.778. The van der Waals surface area contributed by atoms with Crippen LogP contribution in [0.2, 0.25) is 0 Å². The van der Waals surface area contributed by atoms with Crippen molar-refractivity contribution in [2.45, 2.75) is 71.4 Å². The Bertz CT molecular complexity index is 239. The van der Waals surface area contributed by atoms with E-state index < -0.39 is 0 Å². The van der Waals surface area contributed by atoms with E-state index in [9.17, 15) is 4.79 Å². The fraction of sp³-hybridized carbons (Fsp3) is 0.929. The molecular formula is C14H27NO2. The highest BCUT2D eigenvalue weighted by Crippen LogP contribution is 2.22. The maximum absolute atomic E-state index is 11.8. The highest BCUT2D eigenvalue weighted by molar-refractivity contribution is 5.78. The van der Waals surface area contributed by atoms with Gasteiger partial charge in [0.05, 0.1) is 6.10 Å². The zero-order valence-electron chi connectivity index (χ0n) is 11.5. The van der Waals surface area contributed by atoms with Crippen LogP contribution in [-0.4, -0.2) is 24.5 Å². The minimum absolute atomic E-state index is 0.00648. The van der Waals surface area contributed by atoms with Crippen molar-refractivity contribution in [1.29, 1.82) is 0 Å². The molecule has 1 rings (SSSR count). The monoisotopic (exact) mass is 241 g/mol. The van der Waals surface area contributed by atoms with Gasteiger partial charge in [0.15, 0.2) is 0 Å². The first-order valence-corrected chi connectivity index (χ1v) is 6.76. The zero-order chi connectivity index (χ0) is 12.9. The molecule has 1 heterocycles. The Morgan fingerprint density at radius 2 is 2.18 bits per heavy atom. The molecule has 3 heteroatoms. The van der Waals surface area contributed by atoms with Gasteiger partial charge in [-0.05, 0) is 31.1 Å². The van der Waals surface area contributed by atoms with Gasteiger partial charge < -0.3 is 10.5 Å². The van der Waals surface area contributed by atoms with E-state index in [1.807, 2.05) is 0 Å². The van der Waals surface area contributed by atoms with Gasteiger partial charge in [-0.3, -0.25) is 4.79 Å². The standard InChI is InChI=1S/C14H27NO2/c1-14(2,3)10-11(15)9-12(16)6-7-13-5-4-8-17-13/h11,13H,4-10,15H2,1-3H3. The first-order chi connectivity index (χ1) is 7.87. The second-order valence-corrected chi connectivity index (χ2v) is 6.44. The van der Waals surface area contributed by atoms with Crippen molar-refractivity contribution in [3.8, 4) is 0 Å². The highest BCUT2D eigenvalue weighted by atomic mass is 16.5. The Balaban J connectivity index is 2.15. The summed E-state index contributed by atoms with van der Waals surface area (Å²) in [4.78, 5) is 11.8. The van der Waals surface area contributed by atoms with Crippen LogP contribution in [0, 0.1) is 5.41 Å². The Morgan fingerprint density at radius 1 is 1.47 bits per heavy atom. The van der Waals surface area contributed by atoms with E-state index in [0.29, 0.717) is 18.9 Å². The van der Waals surface area contributed by atoms with Crippen LogP contribution in [-0.2, 0) is 9.53 Å². The van der Waals surface area contributed by atoms with E-state index in [-0.39, 0.29) is 17.2 Å². The molecule has 0 bridgehead atoms. The van der Waals surface area contributed by atoms with Crippen LogP contribution < -0.4 is 5.73 Å². The van der Waals surface area contributed by atoms with Crippen molar-refractivity contribution in [3.63, 3.8) is 0 Å².